The number of hydrogen-bond acceptors (Lipinski definition) is 3. The molecule has 1 aromatic carbocycles. The molecule has 3 nitrogen and oxygen atoms in total. The number of aryl methyl sites for hydroxylation is 1. The summed E-state index contributed by atoms with van der Waals surface area (Å²) < 4.78 is 11.8. The molecule has 0 amide bonds. The number of nitrogens with zero attached hydrogens (tertiary/aromatic N) is 1. The minimum Gasteiger partial charge on any atom is -0.496 e. The van der Waals surface area contributed by atoms with Crippen LogP contribution in [-0.2, 0) is 0 Å². The monoisotopic (exact) mass is 293 g/mol. The number of benzene rings is 1. The molecule has 0 saturated carbocycles. The molecule has 2 rings (SSSR count). The second-order valence-corrected chi connectivity index (χ2v) is 4.49. The maximum Gasteiger partial charge on any atom is 0.146 e. The first-order valence-corrected chi connectivity index (χ1v) is 5.91. The molecule has 0 spiro atoms. The van der Waals surface area contributed by atoms with Crippen molar-refractivity contribution in [3.63, 3.8) is 0 Å². The summed E-state index contributed by atoms with van der Waals surface area (Å²) in [6, 6.07) is 7.58. The fourth-order valence-corrected chi connectivity index (χ4v) is 1.79. The Morgan fingerprint density at radius 3 is 2.65 bits per heavy atom. The van der Waals surface area contributed by atoms with Gasteiger partial charge in [0, 0.05) is 16.7 Å². The first-order valence-electron chi connectivity index (χ1n) is 5.12. The van der Waals surface area contributed by atoms with Crippen LogP contribution in [-0.4, -0.2) is 12.1 Å². The molecule has 88 valence electrons. The van der Waals surface area contributed by atoms with Crippen molar-refractivity contribution in [2.45, 2.75) is 6.92 Å². The standard InChI is InChI=1S/C13H12BrNO2/c1-9-3-4-11(6-13(9)16-2)17-12-5-10(14)7-15-8-12/h3-8H,1-2H3. The first-order chi connectivity index (χ1) is 8.19. The second kappa shape index (κ2) is 5.19. The van der Waals surface area contributed by atoms with Crippen LogP contribution in [0.15, 0.2) is 41.1 Å². The van der Waals surface area contributed by atoms with Crippen LogP contribution in [0.5, 0.6) is 17.2 Å². The molecule has 0 fully saturated rings. The normalized spacial score (nSPS) is 10.1. The molecule has 0 unspecified atom stereocenters. The smallest absolute Gasteiger partial charge is 0.146 e. The summed E-state index contributed by atoms with van der Waals surface area (Å²) in [7, 11) is 1.65. The number of halogens is 1. The number of hydrogen-bond donors (Lipinski definition) is 0. The van der Waals surface area contributed by atoms with Gasteiger partial charge in [-0.25, -0.2) is 0 Å². The van der Waals surface area contributed by atoms with Crippen LogP contribution < -0.4 is 9.47 Å². The van der Waals surface area contributed by atoms with E-state index in [1.54, 1.807) is 19.5 Å². The zero-order chi connectivity index (χ0) is 12.3. The van der Waals surface area contributed by atoms with Crippen molar-refractivity contribution in [2.75, 3.05) is 7.11 Å². The fraction of sp³-hybridized carbons (Fsp3) is 0.154. The molecule has 0 saturated heterocycles. The number of rotatable bonds is 3. The van der Waals surface area contributed by atoms with Crippen LogP contribution in [0.25, 0.3) is 0 Å². The average molecular weight is 294 g/mol. The molecule has 0 radical (unpaired) electrons. The molecule has 17 heavy (non-hydrogen) atoms. The molecule has 0 atom stereocenters. The Labute approximate surface area is 109 Å². The lowest BCUT2D eigenvalue weighted by atomic mass is 10.2. The third kappa shape index (κ3) is 2.97. The Morgan fingerprint density at radius 2 is 1.94 bits per heavy atom. The van der Waals surface area contributed by atoms with Crippen molar-refractivity contribution in [3.05, 3.63) is 46.7 Å². The lowest BCUT2D eigenvalue weighted by Crippen LogP contribution is -1.90. The molecular formula is C13H12BrNO2. The van der Waals surface area contributed by atoms with E-state index in [4.69, 9.17) is 9.47 Å². The van der Waals surface area contributed by atoms with Crippen LogP contribution in [0.2, 0.25) is 0 Å². The van der Waals surface area contributed by atoms with Crippen molar-refractivity contribution in [2.24, 2.45) is 0 Å². The Balaban J connectivity index is 2.24. The molecule has 0 aliphatic carbocycles. The van der Waals surface area contributed by atoms with Gasteiger partial charge in [-0.15, -0.1) is 0 Å². The zero-order valence-electron chi connectivity index (χ0n) is 9.61. The maximum atomic E-state index is 5.68. The van der Waals surface area contributed by atoms with E-state index in [9.17, 15) is 0 Å². The van der Waals surface area contributed by atoms with Gasteiger partial charge >= 0.3 is 0 Å². The van der Waals surface area contributed by atoms with Crippen molar-refractivity contribution in [1.29, 1.82) is 0 Å². The Morgan fingerprint density at radius 1 is 1.12 bits per heavy atom. The average Bonchev–Trinajstić information content (AvgIpc) is 2.32. The van der Waals surface area contributed by atoms with Gasteiger partial charge in [0.15, 0.2) is 0 Å². The van der Waals surface area contributed by atoms with Crippen LogP contribution in [0, 0.1) is 6.92 Å². The summed E-state index contributed by atoms with van der Waals surface area (Å²) in [4.78, 5) is 4.04. The van der Waals surface area contributed by atoms with E-state index >= 15 is 0 Å². The van der Waals surface area contributed by atoms with Crippen molar-refractivity contribution in [1.82, 2.24) is 4.98 Å². The molecule has 0 N–H and O–H groups in total. The van der Waals surface area contributed by atoms with E-state index in [1.807, 2.05) is 31.2 Å². The molecule has 1 aromatic heterocycles. The molecular weight excluding hydrogens is 282 g/mol. The van der Waals surface area contributed by atoms with Gasteiger partial charge in [0.1, 0.15) is 17.2 Å². The van der Waals surface area contributed by atoms with E-state index in [2.05, 4.69) is 20.9 Å². The molecule has 0 aliphatic rings. The minimum absolute atomic E-state index is 0.685. The molecule has 4 heteroatoms. The minimum atomic E-state index is 0.685. The van der Waals surface area contributed by atoms with Gasteiger partial charge in [0.05, 0.1) is 13.3 Å². The topological polar surface area (TPSA) is 31.4 Å². The Kier molecular flexibility index (Phi) is 3.64. The van der Waals surface area contributed by atoms with E-state index in [1.165, 1.54) is 0 Å². The summed E-state index contributed by atoms with van der Waals surface area (Å²) in [5, 5.41) is 0. The Hall–Kier alpha value is -1.55. The first kappa shape index (κ1) is 11.9. The summed E-state index contributed by atoms with van der Waals surface area (Å²) in [5.74, 6) is 2.23. The highest BCUT2D eigenvalue weighted by molar-refractivity contribution is 9.10. The van der Waals surface area contributed by atoms with Crippen LogP contribution >= 0.6 is 15.9 Å². The fourth-order valence-electron chi connectivity index (χ4n) is 1.45. The second-order valence-electron chi connectivity index (χ2n) is 3.57. The summed E-state index contributed by atoms with van der Waals surface area (Å²) >= 11 is 3.35. The van der Waals surface area contributed by atoms with E-state index in [0.29, 0.717) is 5.75 Å². The van der Waals surface area contributed by atoms with Crippen molar-refractivity contribution in [3.8, 4) is 17.2 Å². The lowest BCUT2D eigenvalue weighted by Gasteiger charge is -2.09. The molecule has 0 aliphatic heterocycles. The van der Waals surface area contributed by atoms with E-state index < -0.39 is 0 Å². The number of ether oxygens (including phenoxy) is 2. The summed E-state index contributed by atoms with van der Waals surface area (Å²) in [5.41, 5.74) is 1.08. The van der Waals surface area contributed by atoms with Gasteiger partial charge in [-0.05, 0) is 40.5 Å². The molecule has 0 bridgehead atoms. The molecule has 1 heterocycles. The number of methoxy groups -OCH3 is 1. The highest BCUT2D eigenvalue weighted by Gasteiger charge is 2.03. The highest BCUT2D eigenvalue weighted by Crippen LogP contribution is 2.28. The van der Waals surface area contributed by atoms with Crippen molar-refractivity contribution >= 4 is 15.9 Å². The zero-order valence-corrected chi connectivity index (χ0v) is 11.2. The van der Waals surface area contributed by atoms with Crippen LogP contribution in [0.4, 0.5) is 0 Å². The number of pyridine rings is 1. The number of aromatic nitrogens is 1. The van der Waals surface area contributed by atoms with Gasteiger partial charge in [0.2, 0.25) is 0 Å². The van der Waals surface area contributed by atoms with Gasteiger partial charge in [-0.3, -0.25) is 4.98 Å². The highest BCUT2D eigenvalue weighted by atomic mass is 79.9. The quantitative estimate of drug-likeness (QED) is 0.858. The largest absolute Gasteiger partial charge is 0.496 e. The van der Waals surface area contributed by atoms with Crippen molar-refractivity contribution < 1.29 is 9.47 Å². The predicted molar refractivity (Wildman–Crippen MR) is 69.7 cm³/mol. The lowest BCUT2D eigenvalue weighted by molar-refractivity contribution is 0.406. The van der Waals surface area contributed by atoms with Crippen LogP contribution in [0.3, 0.4) is 0 Å². The Bertz CT molecular complexity index is 529. The van der Waals surface area contributed by atoms with Gasteiger partial charge in [-0.2, -0.15) is 0 Å². The van der Waals surface area contributed by atoms with E-state index in [-0.39, 0.29) is 0 Å². The summed E-state index contributed by atoms with van der Waals surface area (Å²) in [6.07, 6.45) is 3.37. The van der Waals surface area contributed by atoms with Gasteiger partial charge < -0.3 is 9.47 Å². The van der Waals surface area contributed by atoms with E-state index in [0.717, 1.165) is 21.5 Å². The summed E-state index contributed by atoms with van der Waals surface area (Å²) in [6.45, 7) is 1.99. The van der Waals surface area contributed by atoms with Crippen LogP contribution in [0.1, 0.15) is 5.56 Å². The third-order valence-electron chi connectivity index (χ3n) is 2.30. The van der Waals surface area contributed by atoms with Gasteiger partial charge in [0.25, 0.3) is 0 Å². The predicted octanol–water partition coefficient (Wildman–Crippen LogP) is 3.95. The third-order valence-corrected chi connectivity index (χ3v) is 2.73. The SMILES string of the molecule is COc1cc(Oc2cncc(Br)c2)ccc1C. The maximum absolute atomic E-state index is 5.68. The van der Waals surface area contributed by atoms with Gasteiger partial charge in [-0.1, -0.05) is 6.07 Å². The molecule has 2 aromatic rings.